The molecule has 1 aliphatic heterocycles. The number of aliphatic imine (C=N–C) groups is 1. The second kappa shape index (κ2) is 10.5. The Morgan fingerprint density at radius 2 is 2.12 bits per heavy atom. The Balaban J connectivity index is 0.00000243. The van der Waals surface area contributed by atoms with Gasteiger partial charge in [-0.1, -0.05) is 30.3 Å². The second-order valence-corrected chi connectivity index (χ2v) is 6.21. The Kier molecular flexibility index (Phi) is 8.30. The van der Waals surface area contributed by atoms with Crippen molar-refractivity contribution in [2.45, 2.75) is 25.5 Å². The highest BCUT2D eigenvalue weighted by Crippen LogP contribution is 2.32. The first-order valence-corrected chi connectivity index (χ1v) is 8.72. The summed E-state index contributed by atoms with van der Waals surface area (Å²) in [7, 11) is 3.65. The van der Waals surface area contributed by atoms with Crippen LogP contribution in [-0.2, 0) is 18.3 Å². The van der Waals surface area contributed by atoms with E-state index in [0.717, 1.165) is 37.8 Å². The Morgan fingerprint density at radius 1 is 1.31 bits per heavy atom. The van der Waals surface area contributed by atoms with Gasteiger partial charge in [-0.05, 0) is 18.4 Å². The molecule has 0 saturated carbocycles. The van der Waals surface area contributed by atoms with Crippen LogP contribution < -0.4 is 10.6 Å². The van der Waals surface area contributed by atoms with Crippen molar-refractivity contribution < 1.29 is 4.74 Å². The smallest absolute Gasteiger partial charge is 0.191 e. The first kappa shape index (κ1) is 20.6. The molecule has 7 nitrogen and oxygen atoms in total. The summed E-state index contributed by atoms with van der Waals surface area (Å²) in [6, 6.07) is 10.5. The summed E-state index contributed by atoms with van der Waals surface area (Å²) in [5, 5.41) is 10.8. The Labute approximate surface area is 171 Å². The van der Waals surface area contributed by atoms with Gasteiger partial charge in [0.05, 0.1) is 12.6 Å². The Morgan fingerprint density at radius 3 is 2.81 bits per heavy atom. The molecule has 2 aromatic rings. The lowest BCUT2D eigenvalue weighted by Gasteiger charge is -2.32. The minimum Gasteiger partial charge on any atom is -0.373 e. The minimum atomic E-state index is 0. The maximum Gasteiger partial charge on any atom is 0.191 e. The third-order valence-electron chi connectivity index (χ3n) is 4.55. The summed E-state index contributed by atoms with van der Waals surface area (Å²) in [6.45, 7) is 2.23. The molecule has 1 saturated heterocycles. The number of benzene rings is 1. The van der Waals surface area contributed by atoms with Gasteiger partial charge in [-0.3, -0.25) is 9.67 Å². The zero-order valence-electron chi connectivity index (χ0n) is 15.3. The summed E-state index contributed by atoms with van der Waals surface area (Å²) in [4.78, 5) is 8.51. The molecule has 2 heterocycles. The molecule has 1 aliphatic rings. The van der Waals surface area contributed by atoms with Crippen molar-refractivity contribution in [2.24, 2.45) is 18.0 Å². The van der Waals surface area contributed by atoms with E-state index in [-0.39, 0.29) is 30.1 Å². The van der Waals surface area contributed by atoms with Gasteiger partial charge in [0.15, 0.2) is 5.96 Å². The van der Waals surface area contributed by atoms with Gasteiger partial charge < -0.3 is 15.4 Å². The van der Waals surface area contributed by atoms with Crippen molar-refractivity contribution in [3.63, 3.8) is 0 Å². The van der Waals surface area contributed by atoms with Gasteiger partial charge in [-0.2, -0.15) is 5.10 Å². The fraction of sp³-hybridized carbons (Fsp3) is 0.500. The largest absolute Gasteiger partial charge is 0.373 e. The maximum atomic E-state index is 6.06. The molecule has 2 N–H and O–H groups in total. The van der Waals surface area contributed by atoms with Gasteiger partial charge in [0.25, 0.3) is 0 Å². The number of halogens is 1. The number of hydrogen-bond donors (Lipinski definition) is 2. The molecule has 1 aromatic carbocycles. The second-order valence-electron chi connectivity index (χ2n) is 6.21. The Hall–Kier alpha value is -1.68. The fourth-order valence-electron chi connectivity index (χ4n) is 3.15. The number of hydrogen-bond acceptors (Lipinski definition) is 4. The zero-order chi connectivity index (χ0) is 17.5. The van der Waals surface area contributed by atoms with Crippen molar-refractivity contribution >= 4 is 29.9 Å². The van der Waals surface area contributed by atoms with Crippen molar-refractivity contribution in [3.05, 3.63) is 48.0 Å². The van der Waals surface area contributed by atoms with Crippen molar-refractivity contribution in [1.29, 1.82) is 0 Å². The molecule has 1 fully saturated rings. The van der Waals surface area contributed by atoms with E-state index in [1.54, 1.807) is 18.1 Å². The molecule has 1 aromatic heterocycles. The lowest BCUT2D eigenvalue weighted by atomic mass is 9.89. The number of aromatic nitrogens is 3. The van der Waals surface area contributed by atoms with Crippen LogP contribution in [0.1, 0.15) is 30.3 Å². The van der Waals surface area contributed by atoms with Gasteiger partial charge >= 0.3 is 0 Å². The van der Waals surface area contributed by atoms with Crippen LogP contribution in [0.2, 0.25) is 0 Å². The predicted octanol–water partition coefficient (Wildman–Crippen LogP) is 2.27. The Bertz CT molecular complexity index is 690. The molecule has 26 heavy (non-hydrogen) atoms. The number of guanidine groups is 1. The van der Waals surface area contributed by atoms with E-state index in [1.165, 1.54) is 5.56 Å². The average molecular weight is 470 g/mol. The first-order chi connectivity index (χ1) is 12.3. The topological polar surface area (TPSA) is 76.4 Å². The molecule has 0 radical (unpaired) electrons. The van der Waals surface area contributed by atoms with E-state index >= 15 is 0 Å². The van der Waals surface area contributed by atoms with Crippen LogP contribution in [0, 0.1) is 5.92 Å². The van der Waals surface area contributed by atoms with E-state index in [0.29, 0.717) is 12.5 Å². The molecular formula is C18H27IN6O. The monoisotopic (exact) mass is 470 g/mol. The number of rotatable bonds is 5. The van der Waals surface area contributed by atoms with Crippen LogP contribution in [0.15, 0.2) is 41.7 Å². The third-order valence-corrected chi connectivity index (χ3v) is 4.55. The standard InChI is InChI=1S/C18H26N6O.HI/c1-19-18(21-12-16-22-13-23-24(16)2)20-11-15-9-6-10-25-17(15)14-7-4-3-5-8-14;/h3-5,7-8,13,15,17H,6,9-12H2,1-2H3,(H2,19,20,21);1H. The summed E-state index contributed by atoms with van der Waals surface area (Å²) < 4.78 is 7.81. The summed E-state index contributed by atoms with van der Waals surface area (Å²) >= 11 is 0. The van der Waals surface area contributed by atoms with Crippen LogP contribution in [0.3, 0.4) is 0 Å². The average Bonchev–Trinajstić information content (AvgIpc) is 3.08. The van der Waals surface area contributed by atoms with Crippen molar-refractivity contribution in [1.82, 2.24) is 25.4 Å². The highest BCUT2D eigenvalue weighted by Gasteiger charge is 2.27. The van der Waals surface area contributed by atoms with Gasteiger partial charge in [0.2, 0.25) is 0 Å². The molecular weight excluding hydrogens is 443 g/mol. The van der Waals surface area contributed by atoms with Gasteiger partial charge in [0, 0.05) is 33.2 Å². The van der Waals surface area contributed by atoms with E-state index in [2.05, 4.69) is 50.0 Å². The molecule has 2 atom stereocenters. The van der Waals surface area contributed by atoms with E-state index in [9.17, 15) is 0 Å². The van der Waals surface area contributed by atoms with Gasteiger partial charge in [-0.15, -0.1) is 24.0 Å². The number of nitrogens with zero attached hydrogens (tertiary/aromatic N) is 4. The van der Waals surface area contributed by atoms with Crippen LogP contribution >= 0.6 is 24.0 Å². The molecule has 142 valence electrons. The maximum absolute atomic E-state index is 6.06. The van der Waals surface area contributed by atoms with Crippen molar-refractivity contribution in [3.8, 4) is 0 Å². The summed E-state index contributed by atoms with van der Waals surface area (Å²) in [5.41, 5.74) is 1.25. The van der Waals surface area contributed by atoms with Crippen LogP contribution in [-0.4, -0.2) is 40.9 Å². The van der Waals surface area contributed by atoms with Gasteiger partial charge in [-0.25, -0.2) is 4.98 Å². The lowest BCUT2D eigenvalue weighted by molar-refractivity contribution is -0.0265. The molecule has 2 unspecified atom stereocenters. The highest BCUT2D eigenvalue weighted by atomic mass is 127. The zero-order valence-corrected chi connectivity index (χ0v) is 17.6. The van der Waals surface area contributed by atoms with E-state index in [4.69, 9.17) is 4.74 Å². The molecule has 0 bridgehead atoms. The number of aryl methyl sites for hydroxylation is 1. The van der Waals surface area contributed by atoms with Crippen molar-refractivity contribution in [2.75, 3.05) is 20.2 Å². The summed E-state index contributed by atoms with van der Waals surface area (Å²) in [6.07, 6.45) is 3.93. The molecule has 0 spiro atoms. The quantitative estimate of drug-likeness (QED) is 0.399. The number of nitrogens with one attached hydrogen (secondary N) is 2. The van der Waals surface area contributed by atoms with E-state index < -0.39 is 0 Å². The summed E-state index contributed by atoms with van der Waals surface area (Å²) in [5.74, 6) is 2.05. The van der Waals surface area contributed by atoms with E-state index in [1.807, 2.05) is 13.1 Å². The van der Waals surface area contributed by atoms with Crippen LogP contribution in [0.25, 0.3) is 0 Å². The molecule has 3 rings (SSSR count). The van der Waals surface area contributed by atoms with Crippen LogP contribution in [0.4, 0.5) is 0 Å². The lowest BCUT2D eigenvalue weighted by Crippen LogP contribution is -2.41. The molecule has 8 heteroatoms. The third kappa shape index (κ3) is 5.41. The van der Waals surface area contributed by atoms with Crippen LogP contribution in [0.5, 0.6) is 0 Å². The highest BCUT2D eigenvalue weighted by molar-refractivity contribution is 14.0. The predicted molar refractivity (Wildman–Crippen MR) is 112 cm³/mol. The fourth-order valence-corrected chi connectivity index (χ4v) is 3.15. The normalized spacial score (nSPS) is 20.3. The minimum absolute atomic E-state index is 0. The van der Waals surface area contributed by atoms with Gasteiger partial charge in [0.1, 0.15) is 12.2 Å². The SMILES string of the molecule is CN=C(NCc1ncnn1C)NCC1CCCOC1c1ccccc1.I. The number of ether oxygens (including phenoxy) is 1. The molecule has 0 aliphatic carbocycles. The molecule has 0 amide bonds. The first-order valence-electron chi connectivity index (χ1n) is 8.72.